The minimum absolute atomic E-state index is 0.0742. The molecule has 0 N–H and O–H groups in total. The highest BCUT2D eigenvalue weighted by molar-refractivity contribution is 5.78. The maximum absolute atomic E-state index is 12.8. The zero-order chi connectivity index (χ0) is 17.3. The van der Waals surface area contributed by atoms with E-state index in [9.17, 15) is 14.9 Å². The first-order chi connectivity index (χ1) is 11.5. The Morgan fingerprint density at radius 3 is 2.75 bits per heavy atom. The van der Waals surface area contributed by atoms with Crippen LogP contribution in [-0.2, 0) is 11.3 Å². The Labute approximate surface area is 141 Å². The largest absolute Gasteiger partial charge is 0.312 e. The van der Waals surface area contributed by atoms with E-state index < -0.39 is 5.56 Å². The van der Waals surface area contributed by atoms with Crippen LogP contribution in [0.1, 0.15) is 55.3 Å². The number of aromatic nitrogens is 2. The molecule has 6 nitrogen and oxygen atoms in total. The van der Waals surface area contributed by atoms with Crippen molar-refractivity contribution in [2.24, 2.45) is 0 Å². The van der Waals surface area contributed by atoms with Crippen molar-refractivity contribution < 1.29 is 4.79 Å². The smallest absolute Gasteiger partial charge is 0.285 e. The zero-order valence-corrected chi connectivity index (χ0v) is 14.2. The first kappa shape index (κ1) is 16.4. The molecule has 0 spiro atoms. The predicted octanol–water partition coefficient (Wildman–Crippen LogP) is 2.18. The number of carbonyl (C=O) groups is 1. The first-order valence-electron chi connectivity index (χ1n) is 8.52. The monoisotopic (exact) mass is 326 g/mol. The second-order valence-corrected chi connectivity index (χ2v) is 6.60. The van der Waals surface area contributed by atoms with Crippen molar-refractivity contribution in [2.45, 2.75) is 65.0 Å². The summed E-state index contributed by atoms with van der Waals surface area (Å²) in [5.41, 5.74) is 1.87. The summed E-state index contributed by atoms with van der Waals surface area (Å²) < 4.78 is 1.14. The fourth-order valence-corrected chi connectivity index (χ4v) is 3.19. The summed E-state index contributed by atoms with van der Waals surface area (Å²) in [7, 11) is 0. The molecule has 1 saturated carbocycles. The van der Waals surface area contributed by atoms with Gasteiger partial charge in [0.25, 0.3) is 5.56 Å². The van der Waals surface area contributed by atoms with E-state index in [-0.39, 0.29) is 24.1 Å². The van der Waals surface area contributed by atoms with Crippen LogP contribution in [0.15, 0.2) is 16.6 Å². The molecule has 0 saturated heterocycles. The average Bonchev–Trinajstić information content (AvgIpc) is 3.39. The molecular weight excluding hydrogens is 304 g/mol. The number of nitriles is 1. The van der Waals surface area contributed by atoms with E-state index in [4.69, 9.17) is 0 Å². The van der Waals surface area contributed by atoms with Gasteiger partial charge in [0.05, 0.1) is 5.69 Å². The van der Waals surface area contributed by atoms with Gasteiger partial charge in [0, 0.05) is 11.7 Å². The van der Waals surface area contributed by atoms with Gasteiger partial charge in [0.1, 0.15) is 18.2 Å². The second-order valence-electron chi connectivity index (χ2n) is 6.60. The number of carbonyl (C=O) groups excluding carboxylic acids is 1. The number of aryl methyl sites for hydroxylation is 1. The predicted molar refractivity (Wildman–Crippen MR) is 89.1 cm³/mol. The molecule has 6 heteroatoms. The summed E-state index contributed by atoms with van der Waals surface area (Å²) in [5.74, 6) is -0.104. The molecule has 3 rings (SSSR count). The Morgan fingerprint density at radius 2 is 2.17 bits per heavy atom. The van der Waals surface area contributed by atoms with Crippen LogP contribution in [0.3, 0.4) is 0 Å². The molecule has 1 aromatic rings. The average molecular weight is 326 g/mol. The van der Waals surface area contributed by atoms with Crippen LogP contribution in [0.4, 0.5) is 0 Å². The van der Waals surface area contributed by atoms with E-state index in [1.165, 1.54) is 6.42 Å². The Bertz CT molecular complexity index is 796. The van der Waals surface area contributed by atoms with Crippen molar-refractivity contribution in [3.63, 3.8) is 0 Å². The van der Waals surface area contributed by atoms with Crippen molar-refractivity contribution in [1.29, 1.82) is 5.26 Å². The van der Waals surface area contributed by atoms with Gasteiger partial charge in [-0.3, -0.25) is 9.59 Å². The molecule has 1 heterocycles. The lowest BCUT2D eigenvalue weighted by molar-refractivity contribution is -0.130. The van der Waals surface area contributed by atoms with Crippen molar-refractivity contribution in [1.82, 2.24) is 14.7 Å². The quantitative estimate of drug-likeness (QED) is 0.849. The molecule has 2 aliphatic rings. The molecule has 1 fully saturated rings. The van der Waals surface area contributed by atoms with E-state index in [1.807, 2.05) is 11.0 Å². The normalized spacial score (nSPS) is 17.1. The minimum Gasteiger partial charge on any atom is -0.312 e. The van der Waals surface area contributed by atoms with Crippen LogP contribution in [0.25, 0.3) is 0 Å². The summed E-state index contributed by atoms with van der Waals surface area (Å²) in [6.07, 6.45) is 8.37. The third-order valence-corrected chi connectivity index (χ3v) is 4.79. The first-order valence-corrected chi connectivity index (χ1v) is 8.52. The maximum Gasteiger partial charge on any atom is 0.285 e. The van der Waals surface area contributed by atoms with Gasteiger partial charge in [-0.15, -0.1) is 0 Å². The van der Waals surface area contributed by atoms with Gasteiger partial charge < -0.3 is 4.90 Å². The Morgan fingerprint density at radius 1 is 1.42 bits per heavy atom. The summed E-state index contributed by atoms with van der Waals surface area (Å²) in [6.45, 7) is 3.35. The molecule has 24 heavy (non-hydrogen) atoms. The SMILES string of the molecule is Cc1nn(CC(=O)N(C2=CCCCC2)C2CC2)c(=O)c(C#N)c1C. The van der Waals surface area contributed by atoms with Crippen molar-refractivity contribution >= 4 is 5.91 Å². The van der Waals surface area contributed by atoms with Gasteiger partial charge >= 0.3 is 0 Å². The fourth-order valence-electron chi connectivity index (χ4n) is 3.19. The van der Waals surface area contributed by atoms with E-state index >= 15 is 0 Å². The molecule has 0 atom stereocenters. The molecule has 0 radical (unpaired) electrons. The lowest BCUT2D eigenvalue weighted by Gasteiger charge is -2.28. The van der Waals surface area contributed by atoms with Crippen LogP contribution >= 0.6 is 0 Å². The van der Waals surface area contributed by atoms with E-state index in [2.05, 4.69) is 11.2 Å². The molecule has 1 amide bonds. The van der Waals surface area contributed by atoms with Crippen LogP contribution in [0, 0.1) is 25.2 Å². The number of allylic oxidation sites excluding steroid dienone is 2. The van der Waals surface area contributed by atoms with Gasteiger partial charge in [0.2, 0.25) is 5.91 Å². The summed E-state index contributed by atoms with van der Waals surface area (Å²) in [6, 6.07) is 2.20. The summed E-state index contributed by atoms with van der Waals surface area (Å²) in [5, 5.41) is 13.4. The highest BCUT2D eigenvalue weighted by atomic mass is 16.2. The van der Waals surface area contributed by atoms with Gasteiger partial charge in [-0.1, -0.05) is 6.08 Å². The highest BCUT2D eigenvalue weighted by Gasteiger charge is 2.35. The number of hydrogen-bond acceptors (Lipinski definition) is 4. The van der Waals surface area contributed by atoms with Crippen molar-refractivity contribution in [2.75, 3.05) is 0 Å². The molecule has 2 aliphatic carbocycles. The molecule has 0 unspecified atom stereocenters. The van der Waals surface area contributed by atoms with Crippen LogP contribution in [0.2, 0.25) is 0 Å². The molecule has 0 aromatic carbocycles. The number of hydrogen-bond donors (Lipinski definition) is 0. The number of rotatable bonds is 4. The third-order valence-electron chi connectivity index (χ3n) is 4.79. The van der Waals surface area contributed by atoms with Crippen LogP contribution < -0.4 is 5.56 Å². The summed E-state index contributed by atoms with van der Waals surface area (Å²) >= 11 is 0. The standard InChI is InChI=1S/C18H22N4O2/c1-12-13(2)20-21(18(24)16(12)10-19)11-17(23)22(15-8-9-15)14-6-4-3-5-7-14/h6,15H,3-5,7-9,11H2,1-2H3. The highest BCUT2D eigenvalue weighted by Crippen LogP contribution is 2.33. The van der Waals surface area contributed by atoms with Gasteiger partial charge in [-0.05, 0) is 57.9 Å². The van der Waals surface area contributed by atoms with Gasteiger partial charge in [-0.2, -0.15) is 10.4 Å². The zero-order valence-electron chi connectivity index (χ0n) is 14.2. The van der Waals surface area contributed by atoms with Crippen molar-refractivity contribution in [3.05, 3.63) is 38.9 Å². The Kier molecular flexibility index (Phi) is 4.52. The van der Waals surface area contributed by atoms with E-state index in [0.29, 0.717) is 11.3 Å². The number of nitrogens with zero attached hydrogens (tertiary/aromatic N) is 4. The lowest BCUT2D eigenvalue weighted by atomic mass is 10.0. The molecule has 0 bridgehead atoms. The molecule has 0 aliphatic heterocycles. The minimum atomic E-state index is -0.484. The van der Waals surface area contributed by atoms with E-state index in [1.54, 1.807) is 13.8 Å². The van der Waals surface area contributed by atoms with E-state index in [0.717, 1.165) is 42.5 Å². The third kappa shape index (κ3) is 3.12. The summed E-state index contributed by atoms with van der Waals surface area (Å²) in [4.78, 5) is 27.1. The van der Waals surface area contributed by atoms with Crippen molar-refractivity contribution in [3.8, 4) is 6.07 Å². The number of amides is 1. The van der Waals surface area contributed by atoms with Gasteiger partial charge in [0.15, 0.2) is 0 Å². The fraction of sp³-hybridized carbons (Fsp3) is 0.556. The molecular formula is C18H22N4O2. The van der Waals surface area contributed by atoms with Crippen LogP contribution in [-0.4, -0.2) is 26.6 Å². The molecule has 126 valence electrons. The second kappa shape index (κ2) is 6.60. The van der Waals surface area contributed by atoms with Crippen LogP contribution in [0.5, 0.6) is 0 Å². The Balaban J connectivity index is 1.89. The lowest BCUT2D eigenvalue weighted by Crippen LogP contribution is -2.39. The maximum atomic E-state index is 12.8. The topological polar surface area (TPSA) is 79.0 Å². The molecule has 1 aromatic heterocycles. The Hall–Kier alpha value is -2.42. The van der Waals surface area contributed by atoms with Gasteiger partial charge in [-0.25, -0.2) is 4.68 Å².